The third-order valence-corrected chi connectivity index (χ3v) is 4.61. The predicted octanol–water partition coefficient (Wildman–Crippen LogP) is 3.99. The van der Waals surface area contributed by atoms with Crippen molar-refractivity contribution in [2.75, 3.05) is 0 Å². The molecule has 0 spiro atoms. The molecule has 0 bridgehead atoms. The first kappa shape index (κ1) is 13.8. The first-order valence-electron chi connectivity index (χ1n) is 6.98. The molecule has 2 atom stereocenters. The van der Waals surface area contributed by atoms with Gasteiger partial charge in [-0.1, -0.05) is 46.3 Å². The molecule has 0 fully saturated rings. The van der Waals surface area contributed by atoms with Crippen LogP contribution >= 0.6 is 15.9 Å². The SMILES string of the molecule is Cc1cc(Br)cc(C(CC2Cc3ccccc32)NN)c1. The van der Waals surface area contributed by atoms with E-state index in [9.17, 15) is 0 Å². The van der Waals surface area contributed by atoms with Gasteiger partial charge in [-0.15, -0.1) is 0 Å². The minimum Gasteiger partial charge on any atom is -0.271 e. The maximum atomic E-state index is 5.79. The number of benzene rings is 2. The van der Waals surface area contributed by atoms with Crippen LogP contribution in [0, 0.1) is 6.92 Å². The molecule has 0 aromatic heterocycles. The van der Waals surface area contributed by atoms with Gasteiger partial charge in [-0.05, 0) is 60.1 Å². The molecule has 0 amide bonds. The third kappa shape index (κ3) is 2.66. The third-order valence-electron chi connectivity index (χ3n) is 4.15. The Hall–Kier alpha value is -1.16. The van der Waals surface area contributed by atoms with Crippen LogP contribution in [0.4, 0.5) is 0 Å². The Morgan fingerprint density at radius 2 is 2.10 bits per heavy atom. The lowest BCUT2D eigenvalue weighted by Gasteiger charge is -2.33. The molecule has 0 saturated heterocycles. The molecule has 0 aliphatic heterocycles. The summed E-state index contributed by atoms with van der Waals surface area (Å²) in [5, 5.41) is 0. The molecule has 0 radical (unpaired) electrons. The summed E-state index contributed by atoms with van der Waals surface area (Å²) in [5.74, 6) is 6.40. The standard InChI is InChI=1S/C17H19BrN2/c1-11-6-14(9-15(18)7-11)17(20-19)10-13-8-12-4-2-3-5-16(12)13/h2-7,9,13,17,20H,8,10,19H2,1H3. The van der Waals surface area contributed by atoms with Crippen molar-refractivity contribution in [2.24, 2.45) is 5.84 Å². The van der Waals surface area contributed by atoms with Crippen molar-refractivity contribution >= 4 is 15.9 Å². The predicted molar refractivity (Wildman–Crippen MR) is 86.4 cm³/mol. The maximum absolute atomic E-state index is 5.79. The molecule has 3 heteroatoms. The Bertz CT molecular complexity index is 604. The number of fused-ring (bicyclic) bond motifs is 1. The van der Waals surface area contributed by atoms with Crippen LogP contribution in [-0.2, 0) is 6.42 Å². The zero-order chi connectivity index (χ0) is 14.1. The van der Waals surface area contributed by atoms with Gasteiger partial charge in [0.15, 0.2) is 0 Å². The number of aryl methyl sites for hydroxylation is 1. The lowest BCUT2D eigenvalue weighted by atomic mass is 9.74. The zero-order valence-corrected chi connectivity index (χ0v) is 13.2. The van der Waals surface area contributed by atoms with Gasteiger partial charge in [0.05, 0.1) is 0 Å². The summed E-state index contributed by atoms with van der Waals surface area (Å²) in [4.78, 5) is 0. The van der Waals surface area contributed by atoms with E-state index >= 15 is 0 Å². The summed E-state index contributed by atoms with van der Waals surface area (Å²) in [6.07, 6.45) is 2.21. The highest BCUT2D eigenvalue weighted by Crippen LogP contribution is 2.40. The van der Waals surface area contributed by atoms with Crippen LogP contribution in [0.2, 0.25) is 0 Å². The Balaban J connectivity index is 1.79. The molecule has 3 rings (SSSR count). The maximum Gasteiger partial charge on any atom is 0.0466 e. The molecule has 1 aliphatic rings. The average molecular weight is 331 g/mol. The Kier molecular flexibility index (Phi) is 3.92. The first-order chi connectivity index (χ1) is 9.67. The summed E-state index contributed by atoms with van der Waals surface area (Å²) in [5.41, 5.74) is 8.46. The van der Waals surface area contributed by atoms with Gasteiger partial charge in [0.2, 0.25) is 0 Å². The minimum absolute atomic E-state index is 0.199. The second-order valence-electron chi connectivity index (χ2n) is 5.62. The van der Waals surface area contributed by atoms with E-state index in [1.54, 1.807) is 0 Å². The van der Waals surface area contributed by atoms with Crippen molar-refractivity contribution in [2.45, 2.75) is 31.7 Å². The molecular formula is C17H19BrN2. The van der Waals surface area contributed by atoms with Crippen LogP contribution in [0.5, 0.6) is 0 Å². The normalized spacial score (nSPS) is 18.2. The molecule has 1 aliphatic carbocycles. The van der Waals surface area contributed by atoms with E-state index in [2.05, 4.69) is 70.7 Å². The van der Waals surface area contributed by atoms with Crippen molar-refractivity contribution in [1.29, 1.82) is 0 Å². The molecule has 2 unspecified atom stereocenters. The first-order valence-corrected chi connectivity index (χ1v) is 7.77. The summed E-state index contributed by atoms with van der Waals surface area (Å²) in [7, 11) is 0. The van der Waals surface area contributed by atoms with E-state index in [1.165, 1.54) is 28.7 Å². The number of halogens is 1. The molecule has 0 saturated carbocycles. The fraction of sp³-hybridized carbons (Fsp3) is 0.294. The molecule has 0 heterocycles. The molecule has 2 nitrogen and oxygen atoms in total. The van der Waals surface area contributed by atoms with Crippen molar-refractivity contribution in [3.63, 3.8) is 0 Å². The topological polar surface area (TPSA) is 38.0 Å². The Morgan fingerprint density at radius 3 is 2.80 bits per heavy atom. The van der Waals surface area contributed by atoms with Crippen LogP contribution in [0.1, 0.15) is 40.6 Å². The van der Waals surface area contributed by atoms with Crippen molar-refractivity contribution in [1.82, 2.24) is 5.43 Å². The fourth-order valence-electron chi connectivity index (χ4n) is 3.12. The second kappa shape index (κ2) is 5.68. The van der Waals surface area contributed by atoms with E-state index in [-0.39, 0.29) is 6.04 Å². The van der Waals surface area contributed by atoms with Crippen molar-refractivity contribution in [3.8, 4) is 0 Å². The van der Waals surface area contributed by atoms with E-state index in [1.807, 2.05) is 0 Å². The van der Waals surface area contributed by atoms with Gasteiger partial charge in [-0.2, -0.15) is 0 Å². The Morgan fingerprint density at radius 1 is 1.30 bits per heavy atom. The van der Waals surface area contributed by atoms with Crippen LogP contribution < -0.4 is 11.3 Å². The number of hydrogen-bond donors (Lipinski definition) is 2. The molecule has 104 valence electrons. The van der Waals surface area contributed by atoms with Gasteiger partial charge in [0.1, 0.15) is 0 Å². The Labute approximate surface area is 128 Å². The highest BCUT2D eigenvalue weighted by molar-refractivity contribution is 9.10. The van der Waals surface area contributed by atoms with Crippen LogP contribution in [0.25, 0.3) is 0 Å². The van der Waals surface area contributed by atoms with E-state index < -0.39 is 0 Å². The van der Waals surface area contributed by atoms with Gasteiger partial charge < -0.3 is 0 Å². The van der Waals surface area contributed by atoms with Gasteiger partial charge >= 0.3 is 0 Å². The lowest BCUT2D eigenvalue weighted by Crippen LogP contribution is -2.31. The summed E-state index contributed by atoms with van der Waals surface area (Å²) >= 11 is 3.56. The summed E-state index contributed by atoms with van der Waals surface area (Å²) in [6.45, 7) is 2.11. The largest absolute Gasteiger partial charge is 0.271 e. The molecular weight excluding hydrogens is 312 g/mol. The second-order valence-corrected chi connectivity index (χ2v) is 6.53. The van der Waals surface area contributed by atoms with Crippen LogP contribution in [0.3, 0.4) is 0 Å². The molecule has 2 aromatic rings. The number of nitrogens with two attached hydrogens (primary N) is 1. The van der Waals surface area contributed by atoms with Crippen molar-refractivity contribution < 1.29 is 0 Å². The van der Waals surface area contributed by atoms with Crippen LogP contribution in [0.15, 0.2) is 46.9 Å². The van der Waals surface area contributed by atoms with Crippen molar-refractivity contribution in [3.05, 3.63) is 69.2 Å². The monoisotopic (exact) mass is 330 g/mol. The fourth-order valence-corrected chi connectivity index (χ4v) is 3.75. The number of rotatable bonds is 4. The number of nitrogens with one attached hydrogen (secondary N) is 1. The summed E-state index contributed by atoms with van der Waals surface area (Å²) < 4.78 is 1.11. The molecule has 2 aromatic carbocycles. The smallest absolute Gasteiger partial charge is 0.0466 e. The molecule has 20 heavy (non-hydrogen) atoms. The lowest BCUT2D eigenvalue weighted by molar-refractivity contribution is 0.435. The van der Waals surface area contributed by atoms with Gasteiger partial charge in [0, 0.05) is 10.5 Å². The number of hydrazine groups is 1. The zero-order valence-electron chi connectivity index (χ0n) is 11.6. The minimum atomic E-state index is 0.199. The van der Waals surface area contributed by atoms with Gasteiger partial charge in [-0.3, -0.25) is 11.3 Å². The van der Waals surface area contributed by atoms with Gasteiger partial charge in [-0.25, -0.2) is 0 Å². The quantitative estimate of drug-likeness (QED) is 0.657. The number of hydrogen-bond acceptors (Lipinski definition) is 2. The van der Waals surface area contributed by atoms with E-state index in [0.717, 1.165) is 10.9 Å². The van der Waals surface area contributed by atoms with Gasteiger partial charge in [0.25, 0.3) is 0 Å². The molecule has 3 N–H and O–H groups in total. The van der Waals surface area contributed by atoms with E-state index in [0.29, 0.717) is 5.92 Å². The highest BCUT2D eigenvalue weighted by Gasteiger charge is 2.28. The van der Waals surface area contributed by atoms with Crippen LogP contribution in [-0.4, -0.2) is 0 Å². The summed E-state index contributed by atoms with van der Waals surface area (Å²) in [6, 6.07) is 15.4. The average Bonchev–Trinajstić information content (AvgIpc) is 2.39. The highest BCUT2D eigenvalue weighted by atomic mass is 79.9. The van der Waals surface area contributed by atoms with E-state index in [4.69, 9.17) is 5.84 Å².